The second kappa shape index (κ2) is 6.55. The van der Waals surface area contributed by atoms with Gasteiger partial charge in [-0.1, -0.05) is 0 Å². The van der Waals surface area contributed by atoms with Crippen molar-refractivity contribution in [1.82, 2.24) is 4.31 Å². The Balaban J connectivity index is 2.49. The van der Waals surface area contributed by atoms with Crippen molar-refractivity contribution < 1.29 is 27.9 Å². The summed E-state index contributed by atoms with van der Waals surface area (Å²) in [6.07, 6.45) is 0.742. The molecule has 0 spiro atoms. The predicted molar refractivity (Wildman–Crippen MR) is 81.8 cm³/mol. The Morgan fingerprint density at radius 3 is 2.65 bits per heavy atom. The molecule has 1 aliphatic rings. The highest BCUT2D eigenvalue weighted by atomic mass is 32.2. The van der Waals surface area contributed by atoms with Crippen molar-refractivity contribution in [3.05, 3.63) is 18.2 Å². The van der Waals surface area contributed by atoms with Gasteiger partial charge in [0.25, 0.3) is 0 Å². The van der Waals surface area contributed by atoms with Crippen LogP contribution in [0.1, 0.15) is 19.8 Å². The van der Waals surface area contributed by atoms with E-state index in [0.717, 1.165) is 4.31 Å². The van der Waals surface area contributed by atoms with Gasteiger partial charge in [0.15, 0.2) is 0 Å². The highest BCUT2D eigenvalue weighted by molar-refractivity contribution is 7.89. The van der Waals surface area contributed by atoms with E-state index in [1.165, 1.54) is 32.2 Å². The molecule has 0 bridgehead atoms. The average Bonchev–Trinajstić information content (AvgIpc) is 2.97. The van der Waals surface area contributed by atoms with E-state index >= 15 is 0 Å². The number of hydrogen-bond donors (Lipinski definition) is 2. The van der Waals surface area contributed by atoms with Crippen LogP contribution in [-0.2, 0) is 19.6 Å². The van der Waals surface area contributed by atoms with Gasteiger partial charge in [0, 0.05) is 19.2 Å². The molecule has 23 heavy (non-hydrogen) atoms. The zero-order valence-electron chi connectivity index (χ0n) is 12.8. The van der Waals surface area contributed by atoms with Gasteiger partial charge >= 0.3 is 5.97 Å². The molecule has 126 valence electrons. The summed E-state index contributed by atoms with van der Waals surface area (Å²) in [7, 11) is -2.73. The quantitative estimate of drug-likeness (QED) is 0.822. The molecule has 0 saturated carbocycles. The highest BCUT2D eigenvalue weighted by Crippen LogP contribution is 2.33. The zero-order valence-corrected chi connectivity index (χ0v) is 13.6. The smallest absolute Gasteiger partial charge is 0.322 e. The number of carbonyl (C=O) groups excluding carboxylic acids is 1. The van der Waals surface area contributed by atoms with Gasteiger partial charge in [-0.2, -0.15) is 4.31 Å². The largest absolute Gasteiger partial charge is 0.495 e. The number of nitrogens with one attached hydrogen (secondary N) is 1. The molecule has 0 radical (unpaired) electrons. The Morgan fingerprint density at radius 2 is 2.09 bits per heavy atom. The van der Waals surface area contributed by atoms with Crippen molar-refractivity contribution in [3.8, 4) is 5.75 Å². The second-order valence-electron chi connectivity index (χ2n) is 5.16. The summed E-state index contributed by atoms with van der Waals surface area (Å²) >= 11 is 0. The lowest BCUT2D eigenvalue weighted by Crippen LogP contribution is -2.40. The van der Waals surface area contributed by atoms with Crippen molar-refractivity contribution in [2.24, 2.45) is 0 Å². The van der Waals surface area contributed by atoms with Crippen LogP contribution < -0.4 is 10.1 Å². The van der Waals surface area contributed by atoms with Crippen LogP contribution in [-0.4, -0.2) is 49.4 Å². The van der Waals surface area contributed by atoms with Crippen LogP contribution in [0.25, 0.3) is 0 Å². The summed E-state index contributed by atoms with van der Waals surface area (Å²) in [5, 5.41) is 11.7. The van der Waals surface area contributed by atoms with Crippen molar-refractivity contribution >= 4 is 27.6 Å². The first-order valence-electron chi connectivity index (χ1n) is 6.97. The summed E-state index contributed by atoms with van der Waals surface area (Å²) in [4.78, 5) is 22.2. The minimum atomic E-state index is -4.06. The Hall–Kier alpha value is -2.13. The maximum absolute atomic E-state index is 12.8. The van der Waals surface area contributed by atoms with Crippen LogP contribution >= 0.6 is 0 Å². The number of anilines is 1. The normalized spacial score (nSPS) is 18.6. The second-order valence-corrected chi connectivity index (χ2v) is 7.02. The Bertz CT molecular complexity index is 731. The Labute approximate surface area is 134 Å². The number of amides is 1. The molecule has 1 aromatic carbocycles. The first-order valence-corrected chi connectivity index (χ1v) is 8.41. The van der Waals surface area contributed by atoms with Gasteiger partial charge in [-0.15, -0.1) is 0 Å². The van der Waals surface area contributed by atoms with E-state index in [4.69, 9.17) is 4.74 Å². The summed E-state index contributed by atoms with van der Waals surface area (Å²) < 4.78 is 31.7. The van der Waals surface area contributed by atoms with Crippen LogP contribution in [0.3, 0.4) is 0 Å². The molecule has 1 atom stereocenters. The third kappa shape index (κ3) is 3.45. The predicted octanol–water partition coefficient (Wildman–Crippen LogP) is 0.891. The van der Waals surface area contributed by atoms with Crippen LogP contribution in [0.2, 0.25) is 0 Å². The van der Waals surface area contributed by atoms with Crippen molar-refractivity contribution in [2.75, 3.05) is 19.0 Å². The number of hydrogen-bond acceptors (Lipinski definition) is 5. The Kier molecular flexibility index (Phi) is 4.90. The molecule has 0 unspecified atom stereocenters. The van der Waals surface area contributed by atoms with Gasteiger partial charge in [-0.05, 0) is 31.0 Å². The van der Waals surface area contributed by atoms with E-state index in [9.17, 15) is 23.1 Å². The standard InChI is InChI=1S/C14H18N2O6S/c1-9(17)15-10-5-6-12(22-2)13(8-10)23(20,21)16-7-3-4-11(16)14(18)19/h5-6,8,11H,3-4,7H2,1-2H3,(H,15,17)(H,18,19)/t11-/m0/s1. The fraction of sp³-hybridized carbons (Fsp3) is 0.429. The summed E-state index contributed by atoms with van der Waals surface area (Å²) in [5.41, 5.74) is 0.294. The number of ether oxygens (including phenoxy) is 1. The van der Waals surface area contributed by atoms with Crippen molar-refractivity contribution in [3.63, 3.8) is 0 Å². The molecule has 1 heterocycles. The van der Waals surface area contributed by atoms with Gasteiger partial charge in [0.1, 0.15) is 16.7 Å². The highest BCUT2D eigenvalue weighted by Gasteiger charge is 2.40. The molecule has 0 aliphatic carbocycles. The average molecular weight is 342 g/mol. The molecule has 0 aromatic heterocycles. The van der Waals surface area contributed by atoms with E-state index in [-0.39, 0.29) is 29.5 Å². The van der Waals surface area contributed by atoms with Gasteiger partial charge in [0.2, 0.25) is 15.9 Å². The molecule has 9 heteroatoms. The number of carbonyl (C=O) groups is 2. The summed E-state index contributed by atoms with van der Waals surface area (Å²) in [6.45, 7) is 1.44. The topological polar surface area (TPSA) is 113 Å². The molecule has 1 aromatic rings. The molecule has 8 nitrogen and oxygen atoms in total. The Morgan fingerprint density at radius 1 is 1.39 bits per heavy atom. The van der Waals surface area contributed by atoms with Gasteiger partial charge in [-0.25, -0.2) is 8.42 Å². The van der Waals surface area contributed by atoms with Crippen LogP contribution in [0.4, 0.5) is 5.69 Å². The molecule has 2 rings (SSSR count). The van der Waals surface area contributed by atoms with E-state index in [2.05, 4.69) is 5.32 Å². The van der Waals surface area contributed by atoms with Crippen molar-refractivity contribution in [1.29, 1.82) is 0 Å². The first-order chi connectivity index (χ1) is 10.8. The van der Waals surface area contributed by atoms with Gasteiger partial charge < -0.3 is 15.2 Å². The minimum absolute atomic E-state index is 0.0927. The number of carboxylic acids is 1. The number of sulfonamides is 1. The number of carboxylic acid groups (broad SMARTS) is 1. The summed E-state index contributed by atoms with van der Waals surface area (Å²) in [5.74, 6) is -1.43. The number of rotatable bonds is 5. The molecule has 1 aliphatic heterocycles. The SMILES string of the molecule is COc1ccc(NC(C)=O)cc1S(=O)(=O)N1CCC[C@H]1C(=O)O. The maximum Gasteiger partial charge on any atom is 0.322 e. The van der Waals surface area contributed by atoms with E-state index in [1.807, 2.05) is 0 Å². The number of methoxy groups -OCH3 is 1. The van der Waals surface area contributed by atoms with Gasteiger partial charge in [0.05, 0.1) is 7.11 Å². The molecule has 1 saturated heterocycles. The zero-order chi connectivity index (χ0) is 17.2. The van der Waals surface area contributed by atoms with Gasteiger partial charge in [-0.3, -0.25) is 9.59 Å². The molecular formula is C14H18N2O6S. The molecular weight excluding hydrogens is 324 g/mol. The number of nitrogens with zero attached hydrogens (tertiary/aromatic N) is 1. The minimum Gasteiger partial charge on any atom is -0.495 e. The first kappa shape index (κ1) is 17.2. The van der Waals surface area contributed by atoms with E-state index < -0.39 is 22.0 Å². The number of aliphatic carboxylic acids is 1. The van der Waals surface area contributed by atoms with Crippen LogP contribution in [0, 0.1) is 0 Å². The van der Waals surface area contributed by atoms with Crippen LogP contribution in [0.15, 0.2) is 23.1 Å². The van der Waals surface area contributed by atoms with Crippen LogP contribution in [0.5, 0.6) is 5.75 Å². The lowest BCUT2D eigenvalue weighted by Gasteiger charge is -2.22. The fourth-order valence-corrected chi connectivity index (χ4v) is 4.39. The van der Waals surface area contributed by atoms with E-state index in [1.54, 1.807) is 0 Å². The van der Waals surface area contributed by atoms with Crippen molar-refractivity contribution in [2.45, 2.75) is 30.7 Å². The lowest BCUT2D eigenvalue weighted by molar-refractivity contribution is -0.140. The van der Waals surface area contributed by atoms with E-state index in [0.29, 0.717) is 12.1 Å². The molecule has 1 amide bonds. The third-order valence-corrected chi connectivity index (χ3v) is 5.49. The number of benzene rings is 1. The lowest BCUT2D eigenvalue weighted by atomic mass is 10.2. The molecule has 2 N–H and O–H groups in total. The fourth-order valence-electron chi connectivity index (χ4n) is 2.56. The maximum atomic E-state index is 12.8. The monoisotopic (exact) mass is 342 g/mol. The molecule has 1 fully saturated rings. The third-order valence-electron chi connectivity index (χ3n) is 3.56. The summed E-state index contributed by atoms with van der Waals surface area (Å²) in [6, 6.07) is 3.11.